The number of fused-ring (bicyclic) bond motifs is 1. The highest BCUT2D eigenvalue weighted by Crippen LogP contribution is 2.39. The number of aryl methyl sites for hydroxylation is 1. The van der Waals surface area contributed by atoms with Crippen LogP contribution in [0.15, 0.2) is 60.8 Å². The number of anilines is 1. The third-order valence-corrected chi connectivity index (χ3v) is 9.18. The van der Waals surface area contributed by atoms with Crippen molar-refractivity contribution in [3.05, 3.63) is 94.3 Å². The van der Waals surface area contributed by atoms with Crippen molar-refractivity contribution in [1.29, 1.82) is 0 Å². The lowest BCUT2D eigenvalue weighted by atomic mass is 9.85. The number of benzene rings is 2. The second-order valence-electron chi connectivity index (χ2n) is 11.8. The van der Waals surface area contributed by atoms with Crippen LogP contribution in [0.5, 0.6) is 0 Å². The maximum Gasteiger partial charge on any atom is 0.407 e. The van der Waals surface area contributed by atoms with Crippen LogP contribution >= 0.6 is 0 Å². The van der Waals surface area contributed by atoms with Crippen LogP contribution in [-0.2, 0) is 30.5 Å². The van der Waals surface area contributed by atoms with Crippen LogP contribution in [0.25, 0.3) is 17.1 Å². The molecule has 45 heavy (non-hydrogen) atoms. The number of aromatic nitrogens is 3. The molecule has 1 saturated heterocycles. The molecule has 9 nitrogen and oxygen atoms in total. The van der Waals surface area contributed by atoms with E-state index < -0.39 is 6.09 Å². The van der Waals surface area contributed by atoms with Crippen molar-refractivity contribution in [3.8, 4) is 17.1 Å². The Morgan fingerprint density at radius 2 is 1.78 bits per heavy atom. The second kappa shape index (κ2) is 13.1. The minimum Gasteiger partial charge on any atom is -0.465 e. The van der Waals surface area contributed by atoms with Gasteiger partial charge in [0.25, 0.3) is 0 Å². The molecule has 2 aliphatic rings. The smallest absolute Gasteiger partial charge is 0.407 e. The van der Waals surface area contributed by atoms with Gasteiger partial charge in [-0.3, -0.25) is 0 Å². The zero-order chi connectivity index (χ0) is 31.5. The van der Waals surface area contributed by atoms with Gasteiger partial charge >= 0.3 is 12.1 Å². The third-order valence-electron chi connectivity index (χ3n) is 9.18. The van der Waals surface area contributed by atoms with Crippen LogP contribution in [0.3, 0.4) is 0 Å². The van der Waals surface area contributed by atoms with Crippen LogP contribution in [-0.4, -0.2) is 63.1 Å². The van der Waals surface area contributed by atoms with Gasteiger partial charge < -0.3 is 19.6 Å². The molecule has 2 aromatic carbocycles. The van der Waals surface area contributed by atoms with Gasteiger partial charge in [-0.25, -0.2) is 19.3 Å². The highest BCUT2D eigenvalue weighted by atomic mass is 16.5. The van der Waals surface area contributed by atoms with Gasteiger partial charge in [-0.05, 0) is 79.3 Å². The molecule has 0 unspecified atom stereocenters. The minimum atomic E-state index is -0.818. The molecule has 0 radical (unpaired) electrons. The first-order valence-electron chi connectivity index (χ1n) is 16.1. The van der Waals surface area contributed by atoms with Crippen molar-refractivity contribution in [3.63, 3.8) is 0 Å². The summed E-state index contributed by atoms with van der Waals surface area (Å²) in [6, 6.07) is 19.3. The number of likely N-dealkylation sites (tertiary alicyclic amines) is 1. The molecule has 4 heterocycles. The molecule has 9 heteroatoms. The topological polar surface area (TPSA) is 101 Å². The number of amides is 1. The molecule has 234 valence electrons. The van der Waals surface area contributed by atoms with Gasteiger partial charge in [0, 0.05) is 37.4 Å². The van der Waals surface area contributed by atoms with E-state index in [1.165, 1.54) is 32.8 Å². The van der Waals surface area contributed by atoms with E-state index in [0.29, 0.717) is 43.4 Å². The van der Waals surface area contributed by atoms with Crippen molar-refractivity contribution in [1.82, 2.24) is 19.7 Å². The zero-order valence-electron chi connectivity index (χ0n) is 26.3. The Balaban J connectivity index is 1.26. The number of carboxylic acid groups (broad SMARTS) is 1. The highest BCUT2D eigenvalue weighted by Gasteiger charge is 2.27. The molecular formula is C36H41N5O4. The Morgan fingerprint density at radius 1 is 0.978 bits per heavy atom. The van der Waals surface area contributed by atoms with Crippen LogP contribution in [0.1, 0.15) is 77.8 Å². The number of para-hydroxylation sites is 1. The monoisotopic (exact) mass is 607 g/mol. The largest absolute Gasteiger partial charge is 0.465 e. The van der Waals surface area contributed by atoms with Crippen LogP contribution in [0.4, 0.5) is 10.5 Å². The van der Waals surface area contributed by atoms with E-state index >= 15 is 0 Å². The minimum absolute atomic E-state index is 0.314. The number of carbonyl (C=O) groups excluding carboxylic acids is 1. The van der Waals surface area contributed by atoms with Gasteiger partial charge in [-0.2, -0.15) is 5.10 Å². The normalized spacial score (nSPS) is 14.9. The summed E-state index contributed by atoms with van der Waals surface area (Å²) >= 11 is 0. The standard InChI is InChI=1S/C36H41N5O4/c1-4-25-21-24(13-14-28(25)26-15-18-39(19-16-26)36(43)44)23-40-20-17-27-9-7-10-29(34(27)40)31-11-8-12-33(38-31)41-32(5-2)30(22-37-41)35(42)45-6-3/h7-14,21-22,26H,4-6,15-20,23H2,1-3H3,(H,43,44). The average Bonchev–Trinajstić information content (AvgIpc) is 3.69. The van der Waals surface area contributed by atoms with Crippen molar-refractivity contribution in [2.75, 3.05) is 31.1 Å². The molecule has 6 rings (SSSR count). The number of rotatable bonds is 9. The summed E-state index contributed by atoms with van der Waals surface area (Å²) in [4.78, 5) is 32.9. The molecule has 1 N–H and O–H groups in total. The van der Waals surface area contributed by atoms with E-state index in [4.69, 9.17) is 9.72 Å². The molecule has 4 aromatic rings. The SMILES string of the molecule is CCOC(=O)c1cnn(-c2cccc(-c3cccc4c3N(Cc3ccc(C5CCN(C(=O)O)CC5)c(CC)c3)CC4)n2)c1CC. The molecule has 1 fully saturated rings. The summed E-state index contributed by atoms with van der Waals surface area (Å²) in [5, 5.41) is 13.9. The number of carbonyl (C=O) groups is 2. The molecule has 0 aliphatic carbocycles. The van der Waals surface area contributed by atoms with E-state index in [9.17, 15) is 14.7 Å². The van der Waals surface area contributed by atoms with Gasteiger partial charge in [0.1, 0.15) is 5.56 Å². The predicted molar refractivity (Wildman–Crippen MR) is 174 cm³/mol. The second-order valence-corrected chi connectivity index (χ2v) is 11.8. The van der Waals surface area contributed by atoms with E-state index in [-0.39, 0.29) is 5.97 Å². The lowest BCUT2D eigenvalue weighted by Gasteiger charge is -2.31. The number of ether oxygens (including phenoxy) is 1. The Labute approximate surface area is 264 Å². The Bertz CT molecular complexity index is 1710. The number of pyridine rings is 1. The van der Waals surface area contributed by atoms with Gasteiger partial charge in [0.15, 0.2) is 5.82 Å². The fraction of sp³-hybridized carbons (Fsp3) is 0.389. The van der Waals surface area contributed by atoms with Crippen molar-refractivity contribution >= 4 is 17.7 Å². The Hall–Kier alpha value is -4.66. The molecule has 2 aliphatic heterocycles. The van der Waals surface area contributed by atoms with Gasteiger partial charge in [0.2, 0.25) is 0 Å². The number of hydrogen-bond acceptors (Lipinski definition) is 6. The highest BCUT2D eigenvalue weighted by molar-refractivity contribution is 5.90. The molecule has 0 atom stereocenters. The van der Waals surface area contributed by atoms with Crippen molar-refractivity contribution in [2.45, 2.75) is 65.3 Å². The lowest BCUT2D eigenvalue weighted by Crippen LogP contribution is -2.37. The summed E-state index contributed by atoms with van der Waals surface area (Å²) in [6.45, 7) is 9.25. The lowest BCUT2D eigenvalue weighted by molar-refractivity contribution is 0.0525. The maximum atomic E-state index is 12.5. The third kappa shape index (κ3) is 6.03. The molecular weight excluding hydrogens is 566 g/mol. The van der Waals surface area contributed by atoms with E-state index in [1.807, 2.05) is 25.1 Å². The fourth-order valence-corrected chi connectivity index (χ4v) is 6.94. The summed E-state index contributed by atoms with van der Waals surface area (Å²) in [6.07, 6.45) is 5.04. The fourth-order valence-electron chi connectivity index (χ4n) is 6.94. The first-order valence-corrected chi connectivity index (χ1v) is 16.1. The van der Waals surface area contributed by atoms with E-state index in [2.05, 4.69) is 53.3 Å². The summed E-state index contributed by atoms with van der Waals surface area (Å²) < 4.78 is 6.99. The van der Waals surface area contributed by atoms with Crippen LogP contribution in [0.2, 0.25) is 0 Å². The number of nitrogens with zero attached hydrogens (tertiary/aromatic N) is 5. The van der Waals surface area contributed by atoms with Gasteiger partial charge in [0.05, 0.1) is 24.2 Å². The van der Waals surface area contributed by atoms with Gasteiger partial charge in [-0.15, -0.1) is 0 Å². The number of piperidine rings is 1. The first-order chi connectivity index (χ1) is 21.9. The van der Waals surface area contributed by atoms with Crippen molar-refractivity contribution in [2.24, 2.45) is 0 Å². The molecule has 2 aromatic heterocycles. The Morgan fingerprint density at radius 3 is 2.51 bits per heavy atom. The van der Waals surface area contributed by atoms with Crippen LogP contribution < -0.4 is 4.90 Å². The van der Waals surface area contributed by atoms with E-state index in [1.54, 1.807) is 17.8 Å². The molecule has 0 bridgehead atoms. The molecule has 0 saturated carbocycles. The first kappa shape index (κ1) is 30.4. The molecule has 0 spiro atoms. The average molecular weight is 608 g/mol. The number of hydrogen-bond donors (Lipinski definition) is 1. The predicted octanol–water partition coefficient (Wildman–Crippen LogP) is 6.66. The van der Waals surface area contributed by atoms with Gasteiger partial charge in [-0.1, -0.05) is 56.3 Å². The summed E-state index contributed by atoms with van der Waals surface area (Å²) in [7, 11) is 0. The quantitative estimate of drug-likeness (QED) is 0.213. The molecule has 1 amide bonds. The Kier molecular flexibility index (Phi) is 8.87. The van der Waals surface area contributed by atoms with E-state index in [0.717, 1.165) is 55.7 Å². The number of esters is 1. The van der Waals surface area contributed by atoms with Crippen molar-refractivity contribution < 1.29 is 19.4 Å². The maximum absolute atomic E-state index is 12.5. The summed E-state index contributed by atoms with van der Waals surface area (Å²) in [5.41, 5.74) is 9.73. The van der Waals surface area contributed by atoms with Crippen LogP contribution in [0, 0.1) is 0 Å². The summed E-state index contributed by atoms with van der Waals surface area (Å²) in [5.74, 6) is 0.703. The zero-order valence-corrected chi connectivity index (χ0v) is 26.3.